The van der Waals surface area contributed by atoms with Gasteiger partial charge in [-0.1, -0.05) is 12.1 Å². The van der Waals surface area contributed by atoms with Crippen molar-refractivity contribution < 1.29 is 8.42 Å². The summed E-state index contributed by atoms with van der Waals surface area (Å²) in [4.78, 5) is 10.4. The number of nitrogens with zero attached hydrogens (tertiary/aromatic N) is 2. The van der Waals surface area contributed by atoms with E-state index in [1.165, 1.54) is 33.7 Å². The highest BCUT2D eigenvalue weighted by Crippen LogP contribution is 2.38. The minimum Gasteiger partial charge on any atom is -0.354 e. The number of hydrogen-bond donors (Lipinski definition) is 1. The Balaban J connectivity index is 1.53. The van der Waals surface area contributed by atoms with Crippen LogP contribution >= 0.6 is 0 Å². The summed E-state index contributed by atoms with van der Waals surface area (Å²) in [6, 6.07) is 15.0. The molecular formula is C25H27N3O2S. The second-order valence-electron chi connectivity index (χ2n) is 8.85. The maximum Gasteiger partial charge on any atom is 0.148 e. The number of hydrogen-bond acceptors (Lipinski definition) is 4. The fourth-order valence-corrected chi connectivity index (χ4v) is 5.22. The average molecular weight is 434 g/mol. The lowest BCUT2D eigenvalue weighted by molar-refractivity contribution is 0.158. The van der Waals surface area contributed by atoms with Crippen LogP contribution in [0.5, 0.6) is 0 Å². The van der Waals surface area contributed by atoms with Crippen molar-refractivity contribution in [1.82, 2.24) is 14.9 Å². The molecule has 1 aliphatic heterocycles. The summed E-state index contributed by atoms with van der Waals surface area (Å²) in [5.41, 5.74) is 8.26. The van der Waals surface area contributed by atoms with Gasteiger partial charge in [-0.25, -0.2) is 8.42 Å². The number of aromatic nitrogens is 2. The van der Waals surface area contributed by atoms with Gasteiger partial charge in [0.2, 0.25) is 0 Å². The zero-order valence-electron chi connectivity index (χ0n) is 18.1. The molecule has 2 aromatic heterocycles. The van der Waals surface area contributed by atoms with Gasteiger partial charge in [0.15, 0.2) is 0 Å². The van der Waals surface area contributed by atoms with Gasteiger partial charge in [-0.2, -0.15) is 0 Å². The fourth-order valence-electron chi connectivity index (χ4n) is 4.63. The quantitative estimate of drug-likeness (QED) is 0.505. The maximum absolute atomic E-state index is 11.4. The molecule has 1 saturated heterocycles. The SMILES string of the molecule is Cc1cc(-c2ccccn2)c2[nH]c3ccc(C4CN(CCS(C)(=O)=O)C4)cc3c2c1C. The molecule has 160 valence electrons. The first kappa shape index (κ1) is 20.2. The molecule has 2 aromatic carbocycles. The number of aromatic amines is 1. The van der Waals surface area contributed by atoms with Gasteiger partial charge < -0.3 is 9.88 Å². The van der Waals surface area contributed by atoms with Crippen LogP contribution in [0.2, 0.25) is 0 Å². The van der Waals surface area contributed by atoms with Crippen molar-refractivity contribution in [3.63, 3.8) is 0 Å². The van der Waals surface area contributed by atoms with Crippen LogP contribution in [0.3, 0.4) is 0 Å². The average Bonchev–Trinajstić information content (AvgIpc) is 3.08. The fraction of sp³-hybridized carbons (Fsp3) is 0.320. The molecule has 0 unspecified atom stereocenters. The highest BCUT2D eigenvalue weighted by Gasteiger charge is 2.29. The molecule has 0 amide bonds. The minimum absolute atomic E-state index is 0.232. The normalized spacial score (nSPS) is 15.6. The van der Waals surface area contributed by atoms with E-state index >= 15 is 0 Å². The van der Waals surface area contributed by atoms with Gasteiger partial charge in [0.05, 0.1) is 17.0 Å². The van der Waals surface area contributed by atoms with Gasteiger partial charge in [-0.15, -0.1) is 0 Å². The Morgan fingerprint density at radius 2 is 1.94 bits per heavy atom. The molecule has 3 heterocycles. The number of benzene rings is 2. The molecule has 31 heavy (non-hydrogen) atoms. The van der Waals surface area contributed by atoms with Gasteiger partial charge in [0.1, 0.15) is 9.84 Å². The molecule has 5 nitrogen and oxygen atoms in total. The molecule has 0 bridgehead atoms. The first-order valence-corrected chi connectivity index (χ1v) is 12.7. The number of sulfone groups is 1. The van der Waals surface area contributed by atoms with Gasteiger partial charge in [-0.3, -0.25) is 4.98 Å². The lowest BCUT2D eigenvalue weighted by atomic mass is 9.90. The second-order valence-corrected chi connectivity index (χ2v) is 11.1. The predicted molar refractivity (Wildman–Crippen MR) is 127 cm³/mol. The van der Waals surface area contributed by atoms with Gasteiger partial charge >= 0.3 is 0 Å². The molecule has 1 aliphatic rings. The van der Waals surface area contributed by atoms with Crippen LogP contribution in [-0.2, 0) is 9.84 Å². The van der Waals surface area contributed by atoms with E-state index in [2.05, 4.69) is 59.0 Å². The largest absolute Gasteiger partial charge is 0.354 e. The molecule has 6 heteroatoms. The molecule has 0 radical (unpaired) electrons. The van der Waals surface area contributed by atoms with Crippen LogP contribution in [0.1, 0.15) is 22.6 Å². The van der Waals surface area contributed by atoms with Crippen molar-refractivity contribution in [1.29, 1.82) is 0 Å². The highest BCUT2D eigenvalue weighted by molar-refractivity contribution is 7.90. The van der Waals surface area contributed by atoms with E-state index in [-0.39, 0.29) is 5.75 Å². The van der Waals surface area contributed by atoms with Crippen molar-refractivity contribution in [2.45, 2.75) is 19.8 Å². The third kappa shape index (κ3) is 3.75. The summed E-state index contributed by atoms with van der Waals surface area (Å²) in [5.74, 6) is 0.685. The lowest BCUT2D eigenvalue weighted by Gasteiger charge is -2.39. The van der Waals surface area contributed by atoms with E-state index in [1.54, 1.807) is 0 Å². The third-order valence-electron chi connectivity index (χ3n) is 6.57. The molecule has 0 aliphatic carbocycles. The first-order chi connectivity index (χ1) is 14.8. The van der Waals surface area contributed by atoms with E-state index in [0.717, 1.165) is 35.4 Å². The topological polar surface area (TPSA) is 66.1 Å². The molecule has 0 saturated carbocycles. The van der Waals surface area contributed by atoms with E-state index in [4.69, 9.17) is 0 Å². The van der Waals surface area contributed by atoms with Gasteiger partial charge in [-0.05, 0) is 60.9 Å². The molecule has 1 fully saturated rings. The van der Waals surface area contributed by atoms with Crippen molar-refractivity contribution in [2.24, 2.45) is 0 Å². The maximum atomic E-state index is 11.4. The minimum atomic E-state index is -2.91. The Bertz CT molecular complexity index is 1390. The van der Waals surface area contributed by atoms with Crippen molar-refractivity contribution >= 4 is 31.6 Å². The summed E-state index contributed by atoms with van der Waals surface area (Å²) in [5, 5.41) is 2.52. The van der Waals surface area contributed by atoms with E-state index in [1.807, 2.05) is 18.3 Å². The van der Waals surface area contributed by atoms with Crippen LogP contribution in [0.15, 0.2) is 48.7 Å². The van der Waals surface area contributed by atoms with Crippen molar-refractivity contribution in [2.75, 3.05) is 31.6 Å². The van der Waals surface area contributed by atoms with Crippen LogP contribution in [-0.4, -0.2) is 54.9 Å². The van der Waals surface area contributed by atoms with Gasteiger partial charge in [0, 0.05) is 59.9 Å². The summed E-state index contributed by atoms with van der Waals surface area (Å²) < 4.78 is 22.8. The summed E-state index contributed by atoms with van der Waals surface area (Å²) in [6.07, 6.45) is 3.14. The summed E-state index contributed by atoms with van der Waals surface area (Å²) in [6.45, 7) is 6.81. The van der Waals surface area contributed by atoms with Crippen LogP contribution in [0.25, 0.3) is 33.1 Å². The molecule has 0 atom stereocenters. The number of likely N-dealkylation sites (tertiary alicyclic amines) is 1. The van der Waals surface area contributed by atoms with Crippen LogP contribution < -0.4 is 0 Å². The number of nitrogens with one attached hydrogen (secondary N) is 1. The highest BCUT2D eigenvalue weighted by atomic mass is 32.2. The Morgan fingerprint density at radius 1 is 1.13 bits per heavy atom. The zero-order valence-corrected chi connectivity index (χ0v) is 19.0. The lowest BCUT2D eigenvalue weighted by Crippen LogP contribution is -2.46. The van der Waals surface area contributed by atoms with Crippen molar-refractivity contribution in [3.05, 3.63) is 65.4 Å². The standard InChI is InChI=1S/C25H27N3O2S/c1-16-12-21(22-6-4-5-9-26-22)25-24(17(16)2)20-13-18(7-8-23(20)27-25)19-14-28(15-19)10-11-31(3,29)30/h4-9,12-13,19,27H,10-11,14-15H2,1-3H3. The molecular weight excluding hydrogens is 406 g/mol. The summed E-state index contributed by atoms with van der Waals surface area (Å²) >= 11 is 0. The van der Waals surface area contributed by atoms with Gasteiger partial charge in [0.25, 0.3) is 0 Å². The van der Waals surface area contributed by atoms with E-state index in [0.29, 0.717) is 12.5 Å². The van der Waals surface area contributed by atoms with Crippen LogP contribution in [0.4, 0.5) is 0 Å². The third-order valence-corrected chi connectivity index (χ3v) is 7.49. The Labute approximate surface area is 183 Å². The van der Waals surface area contributed by atoms with Crippen LogP contribution in [0, 0.1) is 13.8 Å². The Hall–Kier alpha value is -2.70. The predicted octanol–water partition coefficient (Wildman–Crippen LogP) is 4.44. The first-order valence-electron chi connectivity index (χ1n) is 10.7. The van der Waals surface area contributed by atoms with E-state index in [9.17, 15) is 8.42 Å². The number of aryl methyl sites for hydroxylation is 2. The Morgan fingerprint density at radius 3 is 2.65 bits per heavy atom. The number of H-pyrrole nitrogens is 1. The number of fused-ring (bicyclic) bond motifs is 3. The smallest absolute Gasteiger partial charge is 0.148 e. The zero-order chi connectivity index (χ0) is 21.8. The monoisotopic (exact) mass is 433 g/mol. The number of pyridine rings is 1. The second kappa shape index (κ2) is 7.46. The Kier molecular flexibility index (Phi) is 4.87. The summed E-state index contributed by atoms with van der Waals surface area (Å²) in [7, 11) is -2.91. The molecule has 1 N–H and O–H groups in total. The van der Waals surface area contributed by atoms with E-state index < -0.39 is 9.84 Å². The van der Waals surface area contributed by atoms with Crippen molar-refractivity contribution in [3.8, 4) is 11.3 Å². The molecule has 5 rings (SSSR count). The number of rotatable bonds is 5. The molecule has 0 spiro atoms. The molecule has 4 aromatic rings.